The van der Waals surface area contributed by atoms with Crippen molar-refractivity contribution in [1.29, 1.82) is 0 Å². The van der Waals surface area contributed by atoms with Gasteiger partial charge in [0.25, 0.3) is 0 Å². The van der Waals surface area contributed by atoms with Gasteiger partial charge in [0.15, 0.2) is 0 Å². The molecule has 0 aliphatic heterocycles. The second kappa shape index (κ2) is 4.27. The molecule has 0 unspecified atom stereocenters. The van der Waals surface area contributed by atoms with Gasteiger partial charge in [0.2, 0.25) is 0 Å². The molecule has 4 fully saturated rings. The van der Waals surface area contributed by atoms with Gasteiger partial charge < -0.3 is 5.73 Å². The maximum Gasteiger partial charge on any atom is 0.0681 e. The number of nitrogens with two attached hydrogens (primary N) is 1. The monoisotopic (exact) mass is 257 g/mol. The molecule has 3 nitrogen and oxygen atoms in total. The molecule has 4 aliphatic rings. The van der Waals surface area contributed by atoms with Gasteiger partial charge in [-0.1, -0.05) is 0 Å². The summed E-state index contributed by atoms with van der Waals surface area (Å²) in [6, 6.07) is 0. The van der Waals surface area contributed by atoms with Crippen molar-refractivity contribution < 1.29 is 0 Å². The first-order valence-electron chi connectivity index (χ1n) is 7.79. The number of hydrogen-bond acceptors (Lipinski definition) is 3. The Morgan fingerprint density at radius 2 is 1.58 bits per heavy atom. The highest BCUT2D eigenvalue weighted by Gasteiger charge is 2.53. The van der Waals surface area contributed by atoms with Crippen LogP contribution in [0.4, 0.5) is 0 Å². The second-order valence-electron chi connectivity index (χ2n) is 7.09. The van der Waals surface area contributed by atoms with E-state index < -0.39 is 0 Å². The third-order valence-corrected chi connectivity index (χ3v) is 5.70. The lowest BCUT2D eigenvalue weighted by atomic mass is 9.48. The summed E-state index contributed by atoms with van der Waals surface area (Å²) in [5.41, 5.74) is 8.59. The van der Waals surface area contributed by atoms with Gasteiger partial charge in [-0.25, -0.2) is 0 Å². The summed E-state index contributed by atoms with van der Waals surface area (Å²) in [7, 11) is 0. The molecule has 0 amide bonds. The molecular weight excluding hydrogens is 234 g/mol. The molecule has 0 radical (unpaired) electrons. The van der Waals surface area contributed by atoms with E-state index in [1.807, 2.05) is 12.4 Å². The van der Waals surface area contributed by atoms with Crippen molar-refractivity contribution in [2.24, 2.45) is 23.5 Å². The van der Waals surface area contributed by atoms with Crippen LogP contribution in [0.1, 0.15) is 49.9 Å². The minimum atomic E-state index is 0.355. The standard InChI is InChI=1S/C16H23N3/c17-2-1-14-15(19-4-3-18-14)16-8-11-5-12(9-16)7-13(6-11)10-16/h3-4,11-13H,1-2,5-10,17H2. The third-order valence-electron chi connectivity index (χ3n) is 5.70. The Morgan fingerprint density at radius 1 is 1.00 bits per heavy atom. The zero-order chi connectivity index (χ0) is 12.9. The normalized spacial score (nSPS) is 39.7. The zero-order valence-corrected chi connectivity index (χ0v) is 11.5. The van der Waals surface area contributed by atoms with Crippen LogP contribution in [0.3, 0.4) is 0 Å². The lowest BCUT2D eigenvalue weighted by Gasteiger charge is -2.56. The highest BCUT2D eigenvalue weighted by molar-refractivity contribution is 5.27. The molecule has 4 bridgehead atoms. The van der Waals surface area contributed by atoms with Crippen LogP contribution in [0.5, 0.6) is 0 Å². The maximum absolute atomic E-state index is 5.75. The molecule has 2 N–H and O–H groups in total. The van der Waals surface area contributed by atoms with Gasteiger partial charge in [0.05, 0.1) is 11.4 Å². The van der Waals surface area contributed by atoms with E-state index in [2.05, 4.69) is 4.98 Å². The van der Waals surface area contributed by atoms with Crippen LogP contribution in [0, 0.1) is 17.8 Å². The van der Waals surface area contributed by atoms with Crippen LogP contribution in [0.2, 0.25) is 0 Å². The summed E-state index contributed by atoms with van der Waals surface area (Å²) in [5.74, 6) is 2.87. The minimum Gasteiger partial charge on any atom is -0.330 e. The molecule has 0 spiro atoms. The van der Waals surface area contributed by atoms with Crippen LogP contribution in [-0.2, 0) is 11.8 Å². The first kappa shape index (κ1) is 11.8. The first-order valence-corrected chi connectivity index (χ1v) is 7.79. The van der Waals surface area contributed by atoms with Crippen molar-refractivity contribution in [1.82, 2.24) is 9.97 Å². The van der Waals surface area contributed by atoms with Crippen LogP contribution >= 0.6 is 0 Å². The van der Waals surface area contributed by atoms with Gasteiger partial charge in [-0.3, -0.25) is 9.97 Å². The van der Waals surface area contributed by atoms with Gasteiger partial charge in [-0.2, -0.15) is 0 Å². The Balaban J connectivity index is 1.75. The van der Waals surface area contributed by atoms with E-state index in [0.717, 1.165) is 24.2 Å². The SMILES string of the molecule is NCCc1nccnc1C12CC3CC(CC(C3)C1)C2. The van der Waals surface area contributed by atoms with Crippen LogP contribution in [0.25, 0.3) is 0 Å². The van der Waals surface area contributed by atoms with Crippen molar-refractivity contribution in [2.45, 2.75) is 50.4 Å². The van der Waals surface area contributed by atoms with Crippen molar-refractivity contribution in [3.63, 3.8) is 0 Å². The van der Waals surface area contributed by atoms with E-state index >= 15 is 0 Å². The summed E-state index contributed by atoms with van der Waals surface area (Å²) in [6.45, 7) is 0.679. The van der Waals surface area contributed by atoms with Gasteiger partial charge in [-0.15, -0.1) is 0 Å². The third kappa shape index (κ3) is 1.82. The lowest BCUT2D eigenvalue weighted by Crippen LogP contribution is -2.49. The van der Waals surface area contributed by atoms with E-state index in [-0.39, 0.29) is 0 Å². The molecule has 1 aromatic rings. The quantitative estimate of drug-likeness (QED) is 0.905. The average Bonchev–Trinajstić information content (AvgIpc) is 2.38. The Kier molecular flexibility index (Phi) is 2.66. The molecule has 4 saturated carbocycles. The molecule has 0 atom stereocenters. The van der Waals surface area contributed by atoms with Gasteiger partial charge >= 0.3 is 0 Å². The van der Waals surface area contributed by atoms with E-state index in [1.54, 1.807) is 0 Å². The van der Waals surface area contributed by atoms with Crippen molar-refractivity contribution >= 4 is 0 Å². The van der Waals surface area contributed by atoms with Crippen LogP contribution < -0.4 is 5.73 Å². The number of hydrogen-bond donors (Lipinski definition) is 1. The molecule has 1 heterocycles. The highest BCUT2D eigenvalue weighted by atomic mass is 14.8. The Hall–Kier alpha value is -0.960. The van der Waals surface area contributed by atoms with Crippen LogP contribution in [-0.4, -0.2) is 16.5 Å². The van der Waals surface area contributed by atoms with Gasteiger partial charge in [-0.05, 0) is 62.8 Å². The average molecular weight is 257 g/mol. The molecule has 0 saturated heterocycles. The predicted octanol–water partition coefficient (Wildman–Crippen LogP) is 2.45. The van der Waals surface area contributed by atoms with E-state index in [4.69, 9.17) is 10.7 Å². The molecule has 19 heavy (non-hydrogen) atoms. The van der Waals surface area contributed by atoms with Gasteiger partial charge in [0, 0.05) is 24.2 Å². The Bertz CT molecular complexity index is 447. The summed E-state index contributed by atoms with van der Waals surface area (Å²) < 4.78 is 0. The fourth-order valence-corrected chi connectivity index (χ4v) is 5.53. The zero-order valence-electron chi connectivity index (χ0n) is 11.5. The molecule has 4 aliphatic carbocycles. The van der Waals surface area contributed by atoms with E-state index in [0.29, 0.717) is 12.0 Å². The maximum atomic E-state index is 5.75. The summed E-state index contributed by atoms with van der Waals surface area (Å²) >= 11 is 0. The Labute approximate surface area is 115 Å². The van der Waals surface area contributed by atoms with E-state index in [9.17, 15) is 0 Å². The lowest BCUT2D eigenvalue weighted by molar-refractivity contribution is -0.00783. The number of rotatable bonds is 3. The molecule has 1 aromatic heterocycles. The molecular formula is C16H23N3. The van der Waals surface area contributed by atoms with Crippen molar-refractivity contribution in [3.05, 3.63) is 23.8 Å². The fraction of sp³-hybridized carbons (Fsp3) is 0.750. The van der Waals surface area contributed by atoms with Crippen LogP contribution in [0.15, 0.2) is 12.4 Å². The Morgan fingerprint density at radius 3 is 2.16 bits per heavy atom. The fourth-order valence-electron chi connectivity index (χ4n) is 5.53. The summed E-state index contributed by atoms with van der Waals surface area (Å²) in [6.07, 6.45) is 13.1. The topological polar surface area (TPSA) is 51.8 Å². The second-order valence-corrected chi connectivity index (χ2v) is 7.09. The molecule has 102 valence electrons. The summed E-state index contributed by atoms with van der Waals surface area (Å²) in [4.78, 5) is 9.35. The number of nitrogens with zero attached hydrogens (tertiary/aromatic N) is 2. The molecule has 3 heteroatoms. The van der Waals surface area contributed by atoms with Gasteiger partial charge in [0.1, 0.15) is 0 Å². The predicted molar refractivity (Wildman–Crippen MR) is 74.6 cm³/mol. The van der Waals surface area contributed by atoms with Crippen molar-refractivity contribution in [3.8, 4) is 0 Å². The molecule has 0 aromatic carbocycles. The van der Waals surface area contributed by atoms with E-state index in [1.165, 1.54) is 49.9 Å². The minimum absolute atomic E-state index is 0.355. The largest absolute Gasteiger partial charge is 0.330 e. The summed E-state index contributed by atoms with van der Waals surface area (Å²) in [5, 5.41) is 0. The number of aromatic nitrogens is 2. The highest BCUT2D eigenvalue weighted by Crippen LogP contribution is 2.60. The molecule has 5 rings (SSSR count). The van der Waals surface area contributed by atoms with Crippen molar-refractivity contribution in [2.75, 3.05) is 6.54 Å². The first-order chi connectivity index (χ1) is 9.29. The smallest absolute Gasteiger partial charge is 0.0681 e.